The summed E-state index contributed by atoms with van der Waals surface area (Å²) in [6.07, 6.45) is 1.99. The summed E-state index contributed by atoms with van der Waals surface area (Å²) in [6.45, 7) is 3.86. The molecule has 30 heavy (non-hydrogen) atoms. The number of halogens is 2. The fourth-order valence-corrected chi connectivity index (χ4v) is 3.76. The van der Waals surface area contributed by atoms with Crippen LogP contribution < -0.4 is 5.32 Å². The molecule has 0 bridgehead atoms. The van der Waals surface area contributed by atoms with Gasteiger partial charge in [0.15, 0.2) is 0 Å². The number of rotatable bonds is 7. The number of nitrogens with zero attached hydrogens (tertiary/aromatic N) is 2. The molecule has 0 saturated carbocycles. The fraction of sp³-hybridized carbons (Fsp3) is 0.391. The SMILES string of the molecule is CCOC(=O)CN=C(c1ccccc1Cl)c1cc(F)ccc1NC1CCN(C)CC1. The van der Waals surface area contributed by atoms with Gasteiger partial charge >= 0.3 is 5.97 Å². The van der Waals surface area contributed by atoms with Crippen LogP contribution in [0.15, 0.2) is 47.5 Å². The zero-order chi connectivity index (χ0) is 21.5. The maximum Gasteiger partial charge on any atom is 0.327 e. The minimum Gasteiger partial charge on any atom is -0.465 e. The van der Waals surface area contributed by atoms with Crippen LogP contribution >= 0.6 is 11.6 Å². The van der Waals surface area contributed by atoms with Gasteiger partial charge in [0.1, 0.15) is 12.4 Å². The van der Waals surface area contributed by atoms with E-state index in [1.54, 1.807) is 19.1 Å². The monoisotopic (exact) mass is 431 g/mol. The summed E-state index contributed by atoms with van der Waals surface area (Å²) in [5.74, 6) is -0.821. The van der Waals surface area contributed by atoms with E-state index in [-0.39, 0.29) is 25.0 Å². The summed E-state index contributed by atoms with van der Waals surface area (Å²) in [4.78, 5) is 18.7. The van der Waals surface area contributed by atoms with Crippen molar-refractivity contribution < 1.29 is 13.9 Å². The summed E-state index contributed by atoms with van der Waals surface area (Å²) in [5.41, 5.74) is 2.45. The standard InChI is InChI=1S/C23H27ClFN3O2/c1-3-30-22(29)15-26-23(18-6-4-5-7-20(18)24)19-14-16(25)8-9-21(19)27-17-10-12-28(2)13-11-17/h4-9,14,17,27H,3,10-13,15H2,1-2H3. The first-order chi connectivity index (χ1) is 14.5. The number of esters is 1. The molecule has 2 aromatic rings. The number of anilines is 1. The van der Waals surface area contributed by atoms with Gasteiger partial charge < -0.3 is 15.0 Å². The number of nitrogens with one attached hydrogen (secondary N) is 1. The number of aliphatic imine (C=N–C) groups is 1. The van der Waals surface area contributed by atoms with Crippen LogP contribution in [-0.4, -0.2) is 55.9 Å². The Hall–Kier alpha value is -2.44. The van der Waals surface area contributed by atoms with Crippen molar-refractivity contribution in [3.8, 4) is 0 Å². The van der Waals surface area contributed by atoms with Crippen molar-refractivity contribution in [1.82, 2.24) is 4.90 Å². The highest BCUT2D eigenvalue weighted by atomic mass is 35.5. The second-order valence-electron chi connectivity index (χ2n) is 7.36. The summed E-state index contributed by atoms with van der Waals surface area (Å²) in [5, 5.41) is 4.03. The third kappa shape index (κ3) is 5.80. The van der Waals surface area contributed by atoms with Gasteiger partial charge in [-0.3, -0.25) is 9.79 Å². The lowest BCUT2D eigenvalue weighted by Crippen LogP contribution is -2.37. The molecule has 0 aromatic heterocycles. The topological polar surface area (TPSA) is 53.9 Å². The average Bonchev–Trinajstić information content (AvgIpc) is 2.73. The first-order valence-electron chi connectivity index (χ1n) is 10.2. The number of benzene rings is 2. The first-order valence-corrected chi connectivity index (χ1v) is 10.6. The predicted octanol–water partition coefficient (Wildman–Crippen LogP) is 4.39. The summed E-state index contributed by atoms with van der Waals surface area (Å²) in [6, 6.07) is 12.1. The van der Waals surface area contributed by atoms with Crippen LogP contribution in [-0.2, 0) is 9.53 Å². The molecular formula is C23H27ClFN3O2. The third-order valence-corrected chi connectivity index (χ3v) is 5.45. The molecule has 1 N–H and O–H groups in total. The molecule has 160 valence electrons. The lowest BCUT2D eigenvalue weighted by molar-refractivity contribution is -0.141. The number of carbonyl (C=O) groups is 1. The minimum atomic E-state index is -0.441. The van der Waals surface area contributed by atoms with Crippen molar-refractivity contribution in [1.29, 1.82) is 0 Å². The summed E-state index contributed by atoms with van der Waals surface area (Å²) < 4.78 is 19.3. The Labute approximate surface area is 181 Å². The second kappa shape index (κ2) is 10.5. The molecule has 1 fully saturated rings. The molecule has 5 nitrogen and oxygen atoms in total. The van der Waals surface area contributed by atoms with Crippen LogP contribution in [0.3, 0.4) is 0 Å². The van der Waals surface area contributed by atoms with Gasteiger partial charge in [0.05, 0.1) is 12.3 Å². The lowest BCUT2D eigenvalue weighted by Gasteiger charge is -2.31. The van der Waals surface area contributed by atoms with E-state index in [0.29, 0.717) is 21.9 Å². The van der Waals surface area contributed by atoms with E-state index in [9.17, 15) is 9.18 Å². The van der Waals surface area contributed by atoms with E-state index < -0.39 is 5.97 Å². The Morgan fingerprint density at radius 3 is 2.67 bits per heavy atom. The first kappa shape index (κ1) is 22.2. The summed E-state index contributed by atoms with van der Waals surface area (Å²) >= 11 is 6.43. The molecule has 0 radical (unpaired) electrons. The van der Waals surface area contributed by atoms with Crippen molar-refractivity contribution >= 4 is 29.0 Å². The van der Waals surface area contributed by atoms with E-state index >= 15 is 0 Å². The number of ether oxygens (including phenoxy) is 1. The van der Waals surface area contributed by atoms with Crippen LogP contribution in [0.5, 0.6) is 0 Å². The number of carbonyl (C=O) groups excluding carboxylic acids is 1. The predicted molar refractivity (Wildman–Crippen MR) is 119 cm³/mol. The average molecular weight is 432 g/mol. The van der Waals surface area contributed by atoms with Crippen molar-refractivity contribution in [2.75, 3.05) is 38.6 Å². The van der Waals surface area contributed by atoms with E-state index in [1.807, 2.05) is 18.2 Å². The number of likely N-dealkylation sites (tertiary alicyclic amines) is 1. The molecule has 7 heteroatoms. The molecular weight excluding hydrogens is 405 g/mol. The number of hydrogen-bond donors (Lipinski definition) is 1. The molecule has 0 unspecified atom stereocenters. The van der Waals surface area contributed by atoms with Crippen molar-refractivity contribution in [2.45, 2.75) is 25.8 Å². The van der Waals surface area contributed by atoms with Crippen LogP contribution in [0, 0.1) is 5.82 Å². The maximum atomic E-state index is 14.3. The van der Waals surface area contributed by atoms with Gasteiger partial charge in [-0.05, 0) is 64.2 Å². The van der Waals surface area contributed by atoms with E-state index in [4.69, 9.17) is 16.3 Å². The summed E-state index contributed by atoms with van der Waals surface area (Å²) in [7, 11) is 2.11. The van der Waals surface area contributed by atoms with Crippen molar-refractivity contribution in [3.63, 3.8) is 0 Å². The van der Waals surface area contributed by atoms with Gasteiger partial charge in [-0.15, -0.1) is 0 Å². The van der Waals surface area contributed by atoms with Crippen molar-refractivity contribution in [3.05, 3.63) is 64.4 Å². The smallest absolute Gasteiger partial charge is 0.327 e. The quantitative estimate of drug-likeness (QED) is 0.522. The normalized spacial score (nSPS) is 15.8. The Kier molecular flexibility index (Phi) is 7.82. The maximum absolute atomic E-state index is 14.3. The van der Waals surface area contributed by atoms with Crippen LogP contribution in [0.1, 0.15) is 30.9 Å². The van der Waals surface area contributed by atoms with Crippen molar-refractivity contribution in [2.24, 2.45) is 4.99 Å². The molecule has 0 amide bonds. The van der Waals surface area contributed by atoms with Gasteiger partial charge in [0, 0.05) is 27.9 Å². The van der Waals surface area contributed by atoms with E-state index in [1.165, 1.54) is 12.1 Å². The molecule has 1 heterocycles. The second-order valence-corrected chi connectivity index (χ2v) is 7.77. The Balaban J connectivity index is 1.99. The van der Waals surface area contributed by atoms with Crippen LogP contribution in [0.2, 0.25) is 5.02 Å². The highest BCUT2D eigenvalue weighted by Gasteiger charge is 2.21. The molecule has 1 aliphatic heterocycles. The zero-order valence-electron chi connectivity index (χ0n) is 17.3. The lowest BCUT2D eigenvalue weighted by atomic mass is 9.98. The largest absolute Gasteiger partial charge is 0.465 e. The molecule has 1 aliphatic rings. The number of hydrogen-bond acceptors (Lipinski definition) is 5. The molecule has 0 spiro atoms. The van der Waals surface area contributed by atoms with Crippen LogP contribution in [0.25, 0.3) is 0 Å². The Morgan fingerprint density at radius 1 is 1.23 bits per heavy atom. The molecule has 3 rings (SSSR count). The highest BCUT2D eigenvalue weighted by Crippen LogP contribution is 2.27. The Bertz CT molecular complexity index is 911. The molecule has 0 atom stereocenters. The Morgan fingerprint density at radius 2 is 1.97 bits per heavy atom. The third-order valence-electron chi connectivity index (χ3n) is 5.12. The van der Waals surface area contributed by atoms with Crippen LogP contribution in [0.4, 0.5) is 10.1 Å². The van der Waals surface area contributed by atoms with E-state index in [2.05, 4.69) is 22.3 Å². The molecule has 0 aliphatic carbocycles. The number of piperidine rings is 1. The van der Waals surface area contributed by atoms with Gasteiger partial charge in [0.25, 0.3) is 0 Å². The van der Waals surface area contributed by atoms with Gasteiger partial charge in [-0.25, -0.2) is 4.39 Å². The van der Waals surface area contributed by atoms with E-state index in [0.717, 1.165) is 31.6 Å². The van der Waals surface area contributed by atoms with Gasteiger partial charge in [-0.2, -0.15) is 0 Å². The van der Waals surface area contributed by atoms with Gasteiger partial charge in [0.2, 0.25) is 0 Å². The molecule has 2 aromatic carbocycles. The fourth-order valence-electron chi connectivity index (χ4n) is 3.53. The highest BCUT2D eigenvalue weighted by molar-refractivity contribution is 6.35. The van der Waals surface area contributed by atoms with Gasteiger partial charge in [-0.1, -0.05) is 29.8 Å². The molecule has 1 saturated heterocycles. The zero-order valence-corrected chi connectivity index (χ0v) is 18.1. The minimum absolute atomic E-state index is 0.168.